The van der Waals surface area contributed by atoms with Gasteiger partial charge in [0.2, 0.25) is 11.8 Å². The Balaban J connectivity index is 1.20. The van der Waals surface area contributed by atoms with Crippen LogP contribution in [0.15, 0.2) is 48.8 Å². The Morgan fingerprint density at radius 1 is 1.11 bits per heavy atom. The first-order valence-electron chi connectivity index (χ1n) is 10.9. The van der Waals surface area contributed by atoms with Crippen molar-refractivity contribution in [2.24, 2.45) is 0 Å². The summed E-state index contributed by atoms with van der Waals surface area (Å²) in [4.78, 5) is 58.2. The highest BCUT2D eigenvalue weighted by Gasteiger charge is 2.39. The summed E-state index contributed by atoms with van der Waals surface area (Å²) in [5.74, 6) is -1.18. The molecule has 174 valence electrons. The van der Waals surface area contributed by atoms with Gasteiger partial charge in [0.05, 0.1) is 11.9 Å². The smallest absolute Gasteiger partial charge is 0.279 e. The summed E-state index contributed by atoms with van der Waals surface area (Å²) in [7, 11) is 0. The molecule has 1 fully saturated rings. The maximum absolute atomic E-state index is 13.0. The van der Waals surface area contributed by atoms with Crippen LogP contribution < -0.4 is 10.6 Å². The third kappa shape index (κ3) is 3.60. The van der Waals surface area contributed by atoms with Crippen molar-refractivity contribution in [1.29, 1.82) is 0 Å². The Bertz CT molecular complexity index is 1540. The number of rotatable bonds is 4. The van der Waals surface area contributed by atoms with Crippen LogP contribution in [0, 0.1) is 0 Å². The number of aromatic amines is 1. The van der Waals surface area contributed by atoms with Crippen LogP contribution in [-0.4, -0.2) is 59.5 Å². The highest BCUT2D eigenvalue weighted by atomic mass is 16.2. The summed E-state index contributed by atoms with van der Waals surface area (Å²) >= 11 is 0. The fourth-order valence-corrected chi connectivity index (χ4v) is 4.36. The Morgan fingerprint density at radius 2 is 2.00 bits per heavy atom. The lowest BCUT2D eigenvalue weighted by Crippen LogP contribution is -2.52. The lowest BCUT2D eigenvalue weighted by atomic mass is 10.0. The molecule has 1 saturated heterocycles. The lowest BCUT2D eigenvalue weighted by Gasteiger charge is -2.29. The minimum atomic E-state index is -0.684. The molecule has 0 aliphatic carbocycles. The van der Waals surface area contributed by atoms with Gasteiger partial charge >= 0.3 is 0 Å². The molecule has 0 radical (unpaired) electrons. The van der Waals surface area contributed by atoms with Crippen molar-refractivity contribution >= 4 is 40.5 Å². The number of nitrogens with one attached hydrogen (secondary N) is 3. The summed E-state index contributed by atoms with van der Waals surface area (Å²) < 4.78 is 1.40. The van der Waals surface area contributed by atoms with Gasteiger partial charge in [-0.3, -0.25) is 24.5 Å². The summed E-state index contributed by atoms with van der Waals surface area (Å²) in [5.41, 5.74) is 2.49. The number of pyridine rings is 1. The zero-order valence-corrected chi connectivity index (χ0v) is 18.2. The molecular formula is C23H18N8O4. The van der Waals surface area contributed by atoms with Crippen LogP contribution in [0.1, 0.15) is 39.3 Å². The molecule has 1 aromatic carbocycles. The zero-order chi connectivity index (χ0) is 24.1. The highest BCUT2D eigenvalue weighted by molar-refractivity contribution is 6.05. The number of aromatic nitrogens is 5. The molecule has 12 nitrogen and oxygen atoms in total. The second-order valence-corrected chi connectivity index (χ2v) is 8.36. The molecular weight excluding hydrogens is 452 g/mol. The van der Waals surface area contributed by atoms with Gasteiger partial charge in [0.15, 0.2) is 5.69 Å². The molecule has 6 rings (SSSR count). The van der Waals surface area contributed by atoms with Gasteiger partial charge < -0.3 is 15.2 Å². The quantitative estimate of drug-likeness (QED) is 0.378. The Morgan fingerprint density at radius 3 is 2.86 bits per heavy atom. The second-order valence-electron chi connectivity index (χ2n) is 8.36. The number of nitrogens with zero attached hydrogens (tertiary/aromatic N) is 5. The van der Waals surface area contributed by atoms with Gasteiger partial charge in [0, 0.05) is 30.1 Å². The van der Waals surface area contributed by atoms with E-state index in [1.54, 1.807) is 30.5 Å². The van der Waals surface area contributed by atoms with E-state index in [1.807, 2.05) is 12.1 Å². The van der Waals surface area contributed by atoms with Gasteiger partial charge in [-0.1, -0.05) is 11.3 Å². The maximum atomic E-state index is 13.0. The van der Waals surface area contributed by atoms with Crippen molar-refractivity contribution < 1.29 is 19.2 Å². The van der Waals surface area contributed by atoms with Crippen LogP contribution in [0.3, 0.4) is 0 Å². The fourth-order valence-electron chi connectivity index (χ4n) is 4.36. The third-order valence-corrected chi connectivity index (χ3v) is 6.15. The van der Waals surface area contributed by atoms with Crippen LogP contribution in [0.5, 0.6) is 0 Å². The molecule has 5 heterocycles. The summed E-state index contributed by atoms with van der Waals surface area (Å²) in [5, 5.41) is 13.9. The highest BCUT2D eigenvalue weighted by Crippen LogP contribution is 2.29. The van der Waals surface area contributed by atoms with Crippen LogP contribution in [0.25, 0.3) is 16.7 Å². The molecule has 3 N–H and O–H groups in total. The monoisotopic (exact) mass is 470 g/mol. The predicted molar refractivity (Wildman–Crippen MR) is 121 cm³/mol. The van der Waals surface area contributed by atoms with E-state index >= 15 is 0 Å². The number of hydrogen-bond acceptors (Lipinski definition) is 7. The van der Waals surface area contributed by atoms with Crippen molar-refractivity contribution in [2.75, 3.05) is 5.32 Å². The summed E-state index contributed by atoms with van der Waals surface area (Å²) in [6.07, 6.45) is 3.71. The fraction of sp³-hybridized carbons (Fsp3) is 0.174. The average molecular weight is 470 g/mol. The Kier molecular flexibility index (Phi) is 4.66. The van der Waals surface area contributed by atoms with E-state index in [-0.39, 0.29) is 30.5 Å². The van der Waals surface area contributed by atoms with Crippen molar-refractivity contribution in [3.05, 3.63) is 65.6 Å². The average Bonchev–Trinajstić information content (AvgIpc) is 3.58. The number of anilines is 1. The minimum absolute atomic E-state index is 0.0791. The van der Waals surface area contributed by atoms with E-state index < -0.39 is 17.9 Å². The minimum Gasteiger partial charge on any atom is -0.346 e. The first kappa shape index (κ1) is 20.7. The SMILES string of the molecule is O=C1CCC(N2Cc3ccc(-n4cc(C(=O)Nc5ccc6cc[nH]c6n5)nn4)cc3C2=O)C(=O)N1. The van der Waals surface area contributed by atoms with Gasteiger partial charge in [0.1, 0.15) is 17.5 Å². The van der Waals surface area contributed by atoms with E-state index in [0.29, 0.717) is 29.1 Å². The van der Waals surface area contributed by atoms with E-state index in [0.717, 1.165) is 10.9 Å². The van der Waals surface area contributed by atoms with Gasteiger partial charge in [0.25, 0.3) is 11.8 Å². The molecule has 0 bridgehead atoms. The molecule has 12 heteroatoms. The molecule has 1 unspecified atom stereocenters. The number of piperidine rings is 1. The lowest BCUT2D eigenvalue weighted by molar-refractivity contribution is -0.136. The van der Waals surface area contributed by atoms with Crippen molar-refractivity contribution in [1.82, 2.24) is 35.2 Å². The Labute approximate surface area is 197 Å². The molecule has 3 aromatic heterocycles. The molecule has 4 amide bonds. The number of imide groups is 1. The van der Waals surface area contributed by atoms with Gasteiger partial charge in [-0.25, -0.2) is 9.67 Å². The number of carbonyl (C=O) groups is 4. The summed E-state index contributed by atoms with van der Waals surface area (Å²) in [6.45, 7) is 0.282. The van der Waals surface area contributed by atoms with Crippen LogP contribution in [0.2, 0.25) is 0 Å². The van der Waals surface area contributed by atoms with Gasteiger partial charge in [-0.15, -0.1) is 5.10 Å². The largest absolute Gasteiger partial charge is 0.346 e. The molecule has 0 spiro atoms. The van der Waals surface area contributed by atoms with E-state index in [4.69, 9.17) is 0 Å². The first-order chi connectivity index (χ1) is 17.0. The standard InChI is InChI=1S/C23H18N8O4/c32-19-6-4-17(22(34)27-19)30-10-13-1-3-14(9-15(13)23(30)35)31-11-16(28-29-31)21(33)26-18-5-2-12-7-8-24-20(12)25-18/h1-3,5,7-9,11,17H,4,6,10H2,(H,27,32,34)(H2,24,25,26,33). The number of benzene rings is 1. The third-order valence-electron chi connectivity index (χ3n) is 6.15. The van der Waals surface area contributed by atoms with E-state index in [1.165, 1.54) is 15.8 Å². The molecule has 2 aliphatic heterocycles. The number of carbonyl (C=O) groups excluding carboxylic acids is 4. The molecule has 4 aromatic rings. The van der Waals surface area contributed by atoms with Crippen molar-refractivity contribution in [3.63, 3.8) is 0 Å². The van der Waals surface area contributed by atoms with Crippen LogP contribution in [-0.2, 0) is 16.1 Å². The van der Waals surface area contributed by atoms with Crippen LogP contribution in [0.4, 0.5) is 5.82 Å². The Hall–Kier alpha value is -4.87. The van der Waals surface area contributed by atoms with Gasteiger partial charge in [-0.2, -0.15) is 0 Å². The van der Waals surface area contributed by atoms with Gasteiger partial charge in [-0.05, 0) is 42.3 Å². The molecule has 2 aliphatic rings. The predicted octanol–water partition coefficient (Wildman–Crippen LogP) is 1.16. The first-order valence-corrected chi connectivity index (χ1v) is 10.9. The van der Waals surface area contributed by atoms with E-state index in [9.17, 15) is 19.2 Å². The molecule has 35 heavy (non-hydrogen) atoms. The topological polar surface area (TPSA) is 155 Å². The summed E-state index contributed by atoms with van der Waals surface area (Å²) in [6, 6.07) is 9.93. The number of amides is 4. The van der Waals surface area contributed by atoms with Crippen molar-refractivity contribution in [2.45, 2.75) is 25.4 Å². The zero-order valence-electron chi connectivity index (χ0n) is 18.2. The number of hydrogen-bond donors (Lipinski definition) is 3. The van der Waals surface area contributed by atoms with E-state index in [2.05, 4.69) is 30.9 Å². The number of H-pyrrole nitrogens is 1. The molecule has 0 saturated carbocycles. The normalized spacial score (nSPS) is 17.5. The number of fused-ring (bicyclic) bond motifs is 2. The van der Waals surface area contributed by atoms with Crippen molar-refractivity contribution in [3.8, 4) is 5.69 Å². The molecule has 1 atom stereocenters. The van der Waals surface area contributed by atoms with Crippen LogP contribution >= 0.6 is 0 Å². The second kappa shape index (κ2) is 7.87. The maximum Gasteiger partial charge on any atom is 0.279 e.